The highest BCUT2D eigenvalue weighted by Gasteiger charge is 2.26. The summed E-state index contributed by atoms with van der Waals surface area (Å²) in [5.41, 5.74) is 1.18. The number of rotatable bonds is 6. The number of esters is 1. The molecule has 1 amide bonds. The summed E-state index contributed by atoms with van der Waals surface area (Å²) < 4.78 is 18.3. The molecule has 1 N–H and O–H groups in total. The van der Waals surface area contributed by atoms with E-state index in [2.05, 4.69) is 4.98 Å². The lowest BCUT2D eigenvalue weighted by atomic mass is 9.93. The van der Waals surface area contributed by atoms with Crippen LogP contribution in [0.5, 0.6) is 0 Å². The van der Waals surface area contributed by atoms with Crippen molar-refractivity contribution in [1.29, 1.82) is 0 Å². The number of hydrogen-bond acceptors (Lipinski definition) is 3. The number of ether oxygens (including phenoxy) is 1. The predicted octanol–water partition coefficient (Wildman–Crippen LogP) is 3.67. The number of aromatic nitrogens is 1. The molecular weight excluding hydrogens is 335 g/mol. The first-order valence-corrected chi connectivity index (χ1v) is 8.98. The van der Waals surface area contributed by atoms with Crippen molar-refractivity contribution in [3.05, 3.63) is 59.7 Å². The molecule has 5 nitrogen and oxygen atoms in total. The summed E-state index contributed by atoms with van der Waals surface area (Å²) in [5, 5.41) is 0. The molecule has 0 bridgehead atoms. The van der Waals surface area contributed by atoms with Gasteiger partial charge in [0.2, 0.25) is 0 Å². The Morgan fingerprint density at radius 3 is 2.50 bits per heavy atom. The van der Waals surface area contributed by atoms with E-state index in [1.165, 1.54) is 18.6 Å². The second kappa shape index (κ2) is 8.65. The molecule has 1 fully saturated rings. The molecule has 138 valence electrons. The Morgan fingerprint density at radius 2 is 1.85 bits per heavy atom. The number of H-pyrrole nitrogens is 1. The van der Waals surface area contributed by atoms with Crippen LogP contribution in [0.1, 0.15) is 48.2 Å². The molecule has 1 aromatic heterocycles. The average molecular weight is 358 g/mol. The minimum absolute atomic E-state index is 0.130. The van der Waals surface area contributed by atoms with Crippen molar-refractivity contribution in [2.45, 2.75) is 44.7 Å². The van der Waals surface area contributed by atoms with Crippen molar-refractivity contribution >= 4 is 11.9 Å². The molecule has 0 aliphatic heterocycles. The largest absolute Gasteiger partial charge is 0.451 e. The van der Waals surface area contributed by atoms with Crippen LogP contribution in [0.3, 0.4) is 0 Å². The molecule has 1 saturated carbocycles. The Balaban J connectivity index is 1.66. The SMILES string of the molecule is O=C(OCC(=O)N(Cc1ccc(F)cc1)C1CCCCC1)c1ccc[nH]1. The van der Waals surface area contributed by atoms with E-state index in [9.17, 15) is 14.0 Å². The van der Waals surface area contributed by atoms with E-state index in [0.29, 0.717) is 12.2 Å². The number of carbonyl (C=O) groups excluding carboxylic acids is 2. The molecule has 1 aromatic carbocycles. The first-order valence-electron chi connectivity index (χ1n) is 8.98. The predicted molar refractivity (Wildman–Crippen MR) is 94.9 cm³/mol. The van der Waals surface area contributed by atoms with Crippen LogP contribution in [0.2, 0.25) is 0 Å². The van der Waals surface area contributed by atoms with Gasteiger partial charge in [-0.25, -0.2) is 9.18 Å². The highest BCUT2D eigenvalue weighted by atomic mass is 19.1. The normalized spacial score (nSPS) is 14.8. The maximum absolute atomic E-state index is 13.1. The highest BCUT2D eigenvalue weighted by Crippen LogP contribution is 2.24. The fourth-order valence-electron chi connectivity index (χ4n) is 3.35. The Morgan fingerprint density at radius 1 is 1.12 bits per heavy atom. The van der Waals surface area contributed by atoms with Crippen LogP contribution in [0.15, 0.2) is 42.6 Å². The quantitative estimate of drug-likeness (QED) is 0.802. The summed E-state index contributed by atoms with van der Waals surface area (Å²) in [5.74, 6) is -1.07. The van der Waals surface area contributed by atoms with Gasteiger partial charge < -0.3 is 14.6 Å². The second-order valence-corrected chi connectivity index (χ2v) is 6.60. The molecule has 2 aromatic rings. The standard InChI is InChI=1S/C20H23FN2O3/c21-16-10-8-15(9-11-16)13-23(17-5-2-1-3-6-17)19(24)14-26-20(25)18-7-4-12-22-18/h4,7-12,17,22H,1-3,5-6,13-14H2. The number of carbonyl (C=O) groups is 2. The first-order chi connectivity index (χ1) is 12.6. The van der Waals surface area contributed by atoms with Gasteiger partial charge in [-0.05, 0) is 42.7 Å². The van der Waals surface area contributed by atoms with E-state index in [1.807, 2.05) is 0 Å². The van der Waals surface area contributed by atoms with Crippen molar-refractivity contribution in [3.8, 4) is 0 Å². The third-order valence-corrected chi connectivity index (χ3v) is 4.75. The van der Waals surface area contributed by atoms with Gasteiger partial charge in [0.25, 0.3) is 5.91 Å². The molecule has 1 heterocycles. The summed E-state index contributed by atoms with van der Waals surface area (Å²) in [6, 6.07) is 9.58. The van der Waals surface area contributed by atoms with Gasteiger partial charge >= 0.3 is 5.97 Å². The third kappa shape index (κ3) is 4.71. The minimum Gasteiger partial charge on any atom is -0.451 e. The number of hydrogen-bond donors (Lipinski definition) is 1. The first kappa shape index (κ1) is 18.2. The van der Waals surface area contributed by atoms with Crippen LogP contribution in [-0.2, 0) is 16.1 Å². The van der Waals surface area contributed by atoms with E-state index >= 15 is 0 Å². The van der Waals surface area contributed by atoms with Gasteiger partial charge in [0.15, 0.2) is 6.61 Å². The Labute approximate surface area is 152 Å². The number of nitrogens with zero attached hydrogens (tertiary/aromatic N) is 1. The maximum Gasteiger partial charge on any atom is 0.355 e. The van der Waals surface area contributed by atoms with Crippen LogP contribution < -0.4 is 0 Å². The molecule has 1 aliphatic rings. The van der Waals surface area contributed by atoms with Crippen molar-refractivity contribution in [2.24, 2.45) is 0 Å². The fraction of sp³-hybridized carbons (Fsp3) is 0.400. The summed E-state index contributed by atoms with van der Waals surface area (Å²) in [4.78, 5) is 29.2. The molecule has 0 atom stereocenters. The Kier molecular flexibility index (Phi) is 6.04. The Hall–Kier alpha value is -2.63. The van der Waals surface area contributed by atoms with Gasteiger partial charge in [0.05, 0.1) is 0 Å². The van der Waals surface area contributed by atoms with Gasteiger partial charge in [0, 0.05) is 18.8 Å². The van der Waals surface area contributed by atoms with E-state index in [0.717, 1.165) is 31.2 Å². The molecule has 1 aliphatic carbocycles. The van der Waals surface area contributed by atoms with Crippen molar-refractivity contribution in [2.75, 3.05) is 6.61 Å². The van der Waals surface area contributed by atoms with Crippen molar-refractivity contribution in [1.82, 2.24) is 9.88 Å². The number of amides is 1. The number of halogens is 1. The highest BCUT2D eigenvalue weighted by molar-refractivity contribution is 5.89. The van der Waals surface area contributed by atoms with Gasteiger partial charge in [-0.1, -0.05) is 31.4 Å². The van der Waals surface area contributed by atoms with Gasteiger partial charge in [0.1, 0.15) is 11.5 Å². The van der Waals surface area contributed by atoms with Crippen molar-refractivity contribution < 1.29 is 18.7 Å². The molecule has 0 saturated heterocycles. The molecule has 26 heavy (non-hydrogen) atoms. The number of benzene rings is 1. The van der Waals surface area contributed by atoms with E-state index < -0.39 is 5.97 Å². The maximum atomic E-state index is 13.1. The van der Waals surface area contributed by atoms with E-state index in [-0.39, 0.29) is 24.4 Å². The summed E-state index contributed by atoms with van der Waals surface area (Å²) in [6.07, 6.45) is 6.85. The minimum atomic E-state index is -0.547. The van der Waals surface area contributed by atoms with Gasteiger partial charge in [-0.15, -0.1) is 0 Å². The number of aromatic amines is 1. The lowest BCUT2D eigenvalue weighted by molar-refractivity contribution is -0.138. The van der Waals surface area contributed by atoms with Crippen LogP contribution in [0, 0.1) is 5.82 Å². The fourth-order valence-corrected chi connectivity index (χ4v) is 3.35. The van der Waals surface area contributed by atoms with Crippen LogP contribution in [-0.4, -0.2) is 34.4 Å². The van der Waals surface area contributed by atoms with Gasteiger partial charge in [-0.3, -0.25) is 4.79 Å². The summed E-state index contributed by atoms with van der Waals surface area (Å²) in [7, 11) is 0. The zero-order chi connectivity index (χ0) is 18.4. The molecular formula is C20H23FN2O3. The third-order valence-electron chi connectivity index (χ3n) is 4.75. The van der Waals surface area contributed by atoms with E-state index in [1.54, 1.807) is 35.4 Å². The topological polar surface area (TPSA) is 62.4 Å². The molecule has 3 rings (SSSR count). The molecule has 0 spiro atoms. The van der Waals surface area contributed by atoms with Crippen LogP contribution in [0.25, 0.3) is 0 Å². The second-order valence-electron chi connectivity index (χ2n) is 6.60. The number of nitrogens with one attached hydrogen (secondary N) is 1. The molecule has 6 heteroatoms. The summed E-state index contributed by atoms with van der Waals surface area (Å²) in [6.45, 7) is 0.0966. The van der Waals surface area contributed by atoms with Crippen molar-refractivity contribution in [3.63, 3.8) is 0 Å². The monoisotopic (exact) mass is 358 g/mol. The lowest BCUT2D eigenvalue weighted by Crippen LogP contribution is -2.43. The lowest BCUT2D eigenvalue weighted by Gasteiger charge is -2.34. The zero-order valence-corrected chi connectivity index (χ0v) is 14.6. The summed E-state index contributed by atoms with van der Waals surface area (Å²) >= 11 is 0. The molecule has 0 radical (unpaired) electrons. The Bertz CT molecular complexity index is 722. The van der Waals surface area contributed by atoms with Crippen LogP contribution in [0.4, 0.5) is 4.39 Å². The van der Waals surface area contributed by atoms with Gasteiger partial charge in [-0.2, -0.15) is 0 Å². The van der Waals surface area contributed by atoms with E-state index in [4.69, 9.17) is 4.74 Å². The molecule has 0 unspecified atom stereocenters. The zero-order valence-electron chi connectivity index (χ0n) is 14.6. The smallest absolute Gasteiger partial charge is 0.355 e. The average Bonchev–Trinajstić information content (AvgIpc) is 3.21. The van der Waals surface area contributed by atoms with Crippen LogP contribution >= 0.6 is 0 Å².